The maximum absolute atomic E-state index is 11.1. The van der Waals surface area contributed by atoms with Gasteiger partial charge in [-0.3, -0.25) is 9.78 Å². The van der Waals surface area contributed by atoms with Gasteiger partial charge in [-0.1, -0.05) is 17.3 Å². The summed E-state index contributed by atoms with van der Waals surface area (Å²) in [5.41, 5.74) is 7.82. The highest BCUT2D eigenvalue weighted by atomic mass is 16.5. The Kier molecular flexibility index (Phi) is 3.57. The predicted molar refractivity (Wildman–Crippen MR) is 80.9 cm³/mol. The van der Waals surface area contributed by atoms with Crippen LogP contribution in [0.15, 0.2) is 41.1 Å². The van der Waals surface area contributed by atoms with Crippen molar-refractivity contribution in [1.29, 1.82) is 5.26 Å². The molecule has 0 fully saturated rings. The third-order valence-corrected chi connectivity index (χ3v) is 3.25. The van der Waals surface area contributed by atoms with Gasteiger partial charge in [0.15, 0.2) is 0 Å². The fourth-order valence-electron chi connectivity index (χ4n) is 2.11. The number of aryl methyl sites for hydroxylation is 1. The summed E-state index contributed by atoms with van der Waals surface area (Å²) in [4.78, 5) is 19.4. The third kappa shape index (κ3) is 2.78. The Balaban J connectivity index is 2.03. The van der Waals surface area contributed by atoms with Gasteiger partial charge in [0.05, 0.1) is 22.9 Å². The van der Waals surface area contributed by atoms with Crippen LogP contribution < -0.4 is 5.73 Å². The molecule has 0 spiro atoms. The minimum absolute atomic E-state index is 0.311. The van der Waals surface area contributed by atoms with Crippen LogP contribution in [0.5, 0.6) is 0 Å². The molecule has 2 heterocycles. The number of aromatic nitrogens is 3. The zero-order valence-electron chi connectivity index (χ0n) is 12.1. The predicted octanol–water partition coefficient (Wildman–Crippen LogP) is 2.08. The molecule has 7 heteroatoms. The number of carbonyl (C=O) groups is 1. The highest BCUT2D eigenvalue weighted by molar-refractivity contribution is 5.92. The summed E-state index contributed by atoms with van der Waals surface area (Å²) in [6.45, 7) is 1.69. The molecule has 2 N–H and O–H groups in total. The molecule has 2 aromatic heterocycles. The lowest BCUT2D eigenvalue weighted by Crippen LogP contribution is -2.11. The highest BCUT2D eigenvalue weighted by Crippen LogP contribution is 2.26. The Labute approximate surface area is 131 Å². The van der Waals surface area contributed by atoms with Crippen molar-refractivity contribution in [3.05, 3.63) is 53.5 Å². The van der Waals surface area contributed by atoms with E-state index in [0.717, 1.165) is 0 Å². The van der Waals surface area contributed by atoms with Gasteiger partial charge < -0.3 is 10.3 Å². The number of rotatable bonds is 3. The molecule has 1 amide bonds. The minimum atomic E-state index is -0.549. The molecule has 3 aromatic rings. The summed E-state index contributed by atoms with van der Waals surface area (Å²) in [5.74, 6) is 0.321. The van der Waals surface area contributed by atoms with Gasteiger partial charge in [0.2, 0.25) is 17.6 Å². The summed E-state index contributed by atoms with van der Waals surface area (Å²) in [7, 11) is 0. The van der Waals surface area contributed by atoms with Gasteiger partial charge in [0.25, 0.3) is 0 Å². The van der Waals surface area contributed by atoms with Crippen molar-refractivity contribution in [2.75, 3.05) is 0 Å². The Morgan fingerprint density at radius 3 is 2.70 bits per heavy atom. The van der Waals surface area contributed by atoms with Crippen molar-refractivity contribution < 1.29 is 9.32 Å². The zero-order valence-corrected chi connectivity index (χ0v) is 12.1. The molecule has 0 aliphatic carbocycles. The van der Waals surface area contributed by atoms with Crippen LogP contribution >= 0.6 is 0 Å². The number of pyridine rings is 1. The highest BCUT2D eigenvalue weighted by Gasteiger charge is 2.12. The van der Waals surface area contributed by atoms with E-state index < -0.39 is 5.91 Å². The second-order valence-electron chi connectivity index (χ2n) is 4.81. The SMILES string of the molecule is Cc1nc(-c2ccc(-c3ccc(C(N)=O)cn3)c(C#N)c2)no1. The maximum atomic E-state index is 11.1. The molecule has 7 nitrogen and oxygen atoms in total. The fourth-order valence-corrected chi connectivity index (χ4v) is 2.11. The van der Waals surface area contributed by atoms with Crippen molar-refractivity contribution in [3.8, 4) is 28.7 Å². The topological polar surface area (TPSA) is 119 Å². The molecule has 0 saturated heterocycles. The first-order valence-electron chi connectivity index (χ1n) is 6.69. The normalized spacial score (nSPS) is 10.3. The molecule has 0 saturated carbocycles. The molecule has 1 aromatic carbocycles. The van der Waals surface area contributed by atoms with Gasteiger partial charge in [0, 0.05) is 24.2 Å². The largest absolute Gasteiger partial charge is 0.366 e. The Morgan fingerprint density at radius 2 is 2.13 bits per heavy atom. The molecule has 112 valence electrons. The molecule has 0 aliphatic rings. The summed E-state index contributed by atoms with van der Waals surface area (Å²) < 4.78 is 4.94. The number of amides is 1. The number of nitriles is 1. The van der Waals surface area contributed by atoms with Crippen molar-refractivity contribution in [2.45, 2.75) is 6.92 Å². The Morgan fingerprint density at radius 1 is 1.30 bits per heavy atom. The van der Waals surface area contributed by atoms with Crippen molar-refractivity contribution in [3.63, 3.8) is 0 Å². The second kappa shape index (κ2) is 5.69. The first-order valence-corrected chi connectivity index (χ1v) is 6.69. The van der Waals surface area contributed by atoms with E-state index >= 15 is 0 Å². The molecule has 0 bridgehead atoms. The number of hydrogen-bond acceptors (Lipinski definition) is 6. The number of nitrogens with zero attached hydrogens (tertiary/aromatic N) is 4. The molecular formula is C16H11N5O2. The van der Waals surface area contributed by atoms with Crippen LogP contribution in [0, 0.1) is 18.3 Å². The van der Waals surface area contributed by atoms with Crippen molar-refractivity contribution in [2.24, 2.45) is 5.73 Å². The molecule has 23 heavy (non-hydrogen) atoms. The fraction of sp³-hybridized carbons (Fsp3) is 0.0625. The number of hydrogen-bond donors (Lipinski definition) is 1. The quantitative estimate of drug-likeness (QED) is 0.791. The number of primary amides is 1. The lowest BCUT2D eigenvalue weighted by Gasteiger charge is -2.05. The molecule has 0 aliphatic heterocycles. The minimum Gasteiger partial charge on any atom is -0.366 e. The van der Waals surface area contributed by atoms with E-state index in [4.69, 9.17) is 10.3 Å². The first-order chi connectivity index (χ1) is 11.1. The van der Waals surface area contributed by atoms with E-state index in [2.05, 4.69) is 21.2 Å². The van der Waals surface area contributed by atoms with E-state index in [0.29, 0.717) is 39.7 Å². The summed E-state index contributed by atoms with van der Waals surface area (Å²) in [6.07, 6.45) is 1.38. The van der Waals surface area contributed by atoms with Crippen LogP contribution in [0.25, 0.3) is 22.6 Å². The average Bonchev–Trinajstić information content (AvgIpc) is 3.01. The van der Waals surface area contributed by atoms with Crippen LogP contribution in [0.3, 0.4) is 0 Å². The van der Waals surface area contributed by atoms with Gasteiger partial charge >= 0.3 is 0 Å². The smallest absolute Gasteiger partial charge is 0.250 e. The summed E-state index contributed by atoms with van der Waals surface area (Å²) in [6, 6.07) is 10.6. The first kappa shape index (κ1) is 14.4. The Hall–Kier alpha value is -3.53. The average molecular weight is 305 g/mol. The van der Waals surface area contributed by atoms with E-state index in [1.807, 2.05) is 0 Å². The van der Waals surface area contributed by atoms with E-state index in [1.54, 1.807) is 37.3 Å². The zero-order chi connectivity index (χ0) is 16.4. The third-order valence-electron chi connectivity index (χ3n) is 3.25. The number of benzene rings is 1. The van der Waals surface area contributed by atoms with E-state index in [1.165, 1.54) is 6.20 Å². The number of carbonyl (C=O) groups excluding carboxylic acids is 1. The van der Waals surface area contributed by atoms with Crippen molar-refractivity contribution >= 4 is 5.91 Å². The van der Waals surface area contributed by atoms with Crippen LogP contribution in [0.4, 0.5) is 0 Å². The van der Waals surface area contributed by atoms with E-state index in [9.17, 15) is 10.1 Å². The summed E-state index contributed by atoms with van der Waals surface area (Å²) in [5, 5.41) is 13.2. The van der Waals surface area contributed by atoms with Gasteiger partial charge in [-0.15, -0.1) is 0 Å². The lowest BCUT2D eigenvalue weighted by molar-refractivity contribution is 0.1000. The van der Waals surface area contributed by atoms with Crippen LogP contribution in [-0.2, 0) is 0 Å². The van der Waals surface area contributed by atoms with Gasteiger partial charge in [-0.25, -0.2) is 0 Å². The molecule has 3 rings (SSSR count). The van der Waals surface area contributed by atoms with Crippen LogP contribution in [-0.4, -0.2) is 21.0 Å². The molecule has 0 radical (unpaired) electrons. The lowest BCUT2D eigenvalue weighted by atomic mass is 10.0. The number of nitrogens with two attached hydrogens (primary N) is 1. The maximum Gasteiger partial charge on any atom is 0.250 e. The second-order valence-corrected chi connectivity index (χ2v) is 4.81. The van der Waals surface area contributed by atoms with Crippen LogP contribution in [0.2, 0.25) is 0 Å². The standard InChI is InChI=1S/C16H11N5O2/c1-9-20-16(21-23-9)10-2-4-13(12(6-10)7-17)14-5-3-11(8-19-14)15(18)22/h2-6,8H,1H3,(H2,18,22). The van der Waals surface area contributed by atoms with Gasteiger partial charge in [-0.2, -0.15) is 10.2 Å². The van der Waals surface area contributed by atoms with Gasteiger partial charge in [-0.05, 0) is 18.2 Å². The van der Waals surface area contributed by atoms with Crippen molar-refractivity contribution in [1.82, 2.24) is 15.1 Å². The summed E-state index contributed by atoms with van der Waals surface area (Å²) >= 11 is 0. The molecular weight excluding hydrogens is 294 g/mol. The molecule has 0 unspecified atom stereocenters. The van der Waals surface area contributed by atoms with Gasteiger partial charge in [0.1, 0.15) is 0 Å². The van der Waals surface area contributed by atoms with Crippen LogP contribution in [0.1, 0.15) is 21.8 Å². The monoisotopic (exact) mass is 305 g/mol. The van der Waals surface area contributed by atoms with E-state index in [-0.39, 0.29) is 0 Å². The molecule has 0 atom stereocenters. The Bertz CT molecular complexity index is 922.